The molecule has 1 rings (SSSR count). The third-order valence-corrected chi connectivity index (χ3v) is 3.71. The van der Waals surface area contributed by atoms with Crippen LogP contribution in [0.5, 0.6) is 0 Å². The highest BCUT2D eigenvalue weighted by Gasteiger charge is 2.16. The SMILES string of the molecule is CC(CNC1CCCC1)N(C)CCN(C)C. The van der Waals surface area contributed by atoms with Gasteiger partial charge in [0.2, 0.25) is 0 Å². The predicted octanol–water partition coefficient (Wildman–Crippen LogP) is 1.40. The number of nitrogens with one attached hydrogen (secondary N) is 1. The van der Waals surface area contributed by atoms with Gasteiger partial charge in [0.15, 0.2) is 0 Å². The number of nitrogens with zero attached hydrogens (tertiary/aromatic N) is 2. The summed E-state index contributed by atoms with van der Waals surface area (Å²) in [6.45, 7) is 5.75. The third-order valence-electron chi connectivity index (χ3n) is 3.71. The van der Waals surface area contributed by atoms with Crippen LogP contribution in [0.1, 0.15) is 32.6 Å². The van der Waals surface area contributed by atoms with Crippen molar-refractivity contribution in [3.05, 3.63) is 0 Å². The molecular formula is C13H29N3. The summed E-state index contributed by atoms with van der Waals surface area (Å²) in [5, 5.41) is 3.69. The molecule has 0 saturated heterocycles. The van der Waals surface area contributed by atoms with E-state index in [4.69, 9.17) is 0 Å². The summed E-state index contributed by atoms with van der Waals surface area (Å²) >= 11 is 0. The van der Waals surface area contributed by atoms with Gasteiger partial charge in [0.25, 0.3) is 0 Å². The second-order valence-corrected chi connectivity index (χ2v) is 5.52. The minimum atomic E-state index is 0.639. The Morgan fingerprint density at radius 2 is 1.75 bits per heavy atom. The van der Waals surface area contributed by atoms with Crippen LogP contribution < -0.4 is 5.32 Å². The summed E-state index contributed by atoms with van der Waals surface area (Å²) in [5.41, 5.74) is 0. The minimum absolute atomic E-state index is 0.639. The molecule has 0 aromatic carbocycles. The van der Waals surface area contributed by atoms with E-state index in [0.29, 0.717) is 6.04 Å². The highest BCUT2D eigenvalue weighted by Crippen LogP contribution is 2.17. The molecule has 0 aromatic rings. The molecule has 16 heavy (non-hydrogen) atoms. The van der Waals surface area contributed by atoms with Gasteiger partial charge < -0.3 is 15.1 Å². The zero-order valence-corrected chi connectivity index (χ0v) is 11.5. The quantitative estimate of drug-likeness (QED) is 0.709. The average Bonchev–Trinajstić information content (AvgIpc) is 2.75. The van der Waals surface area contributed by atoms with Gasteiger partial charge in [0.05, 0.1) is 0 Å². The zero-order chi connectivity index (χ0) is 12.0. The van der Waals surface area contributed by atoms with E-state index < -0.39 is 0 Å². The van der Waals surface area contributed by atoms with Gasteiger partial charge in [-0.1, -0.05) is 12.8 Å². The molecule has 1 saturated carbocycles. The molecule has 0 radical (unpaired) electrons. The molecule has 0 aromatic heterocycles. The largest absolute Gasteiger partial charge is 0.312 e. The van der Waals surface area contributed by atoms with Crippen molar-refractivity contribution in [2.24, 2.45) is 0 Å². The van der Waals surface area contributed by atoms with Crippen LogP contribution in [0.4, 0.5) is 0 Å². The van der Waals surface area contributed by atoms with Crippen molar-refractivity contribution >= 4 is 0 Å². The fourth-order valence-corrected chi connectivity index (χ4v) is 2.20. The molecule has 0 bridgehead atoms. The number of rotatable bonds is 7. The van der Waals surface area contributed by atoms with Gasteiger partial charge >= 0.3 is 0 Å². The molecule has 1 atom stereocenters. The van der Waals surface area contributed by atoms with Crippen LogP contribution in [0.25, 0.3) is 0 Å². The van der Waals surface area contributed by atoms with Crippen LogP contribution >= 0.6 is 0 Å². The van der Waals surface area contributed by atoms with Crippen molar-refractivity contribution < 1.29 is 0 Å². The number of likely N-dealkylation sites (N-methyl/N-ethyl adjacent to an activating group) is 2. The molecule has 0 heterocycles. The number of hydrogen-bond acceptors (Lipinski definition) is 3. The second-order valence-electron chi connectivity index (χ2n) is 5.52. The molecular weight excluding hydrogens is 198 g/mol. The Hall–Kier alpha value is -0.120. The molecule has 0 spiro atoms. The first-order chi connectivity index (χ1) is 7.59. The third kappa shape index (κ3) is 5.28. The molecule has 96 valence electrons. The maximum absolute atomic E-state index is 3.69. The summed E-state index contributed by atoms with van der Waals surface area (Å²) in [4.78, 5) is 4.69. The van der Waals surface area contributed by atoms with E-state index in [1.807, 2.05) is 0 Å². The molecule has 1 fully saturated rings. The summed E-state index contributed by atoms with van der Waals surface area (Å²) in [5.74, 6) is 0. The van der Waals surface area contributed by atoms with Gasteiger partial charge in [0, 0.05) is 31.7 Å². The zero-order valence-electron chi connectivity index (χ0n) is 11.5. The normalized spacial score (nSPS) is 19.9. The van der Waals surface area contributed by atoms with E-state index in [2.05, 4.69) is 43.2 Å². The smallest absolute Gasteiger partial charge is 0.0189 e. The highest BCUT2D eigenvalue weighted by molar-refractivity contribution is 4.76. The summed E-state index contributed by atoms with van der Waals surface area (Å²) < 4.78 is 0. The van der Waals surface area contributed by atoms with E-state index in [-0.39, 0.29) is 0 Å². The monoisotopic (exact) mass is 227 g/mol. The molecule has 3 heteroatoms. The highest BCUT2D eigenvalue weighted by atomic mass is 15.2. The van der Waals surface area contributed by atoms with Crippen molar-refractivity contribution in [3.63, 3.8) is 0 Å². The molecule has 0 aliphatic heterocycles. The van der Waals surface area contributed by atoms with Gasteiger partial charge in [-0.25, -0.2) is 0 Å². The van der Waals surface area contributed by atoms with Crippen molar-refractivity contribution in [2.75, 3.05) is 40.8 Å². The lowest BCUT2D eigenvalue weighted by atomic mass is 10.2. The molecule has 1 unspecified atom stereocenters. The van der Waals surface area contributed by atoms with E-state index in [1.165, 1.54) is 25.7 Å². The van der Waals surface area contributed by atoms with Crippen LogP contribution in [0.2, 0.25) is 0 Å². The fraction of sp³-hybridized carbons (Fsp3) is 1.00. The average molecular weight is 227 g/mol. The van der Waals surface area contributed by atoms with Crippen LogP contribution in [-0.2, 0) is 0 Å². The Bertz CT molecular complexity index is 176. The Kier molecular flexibility index (Phi) is 6.32. The molecule has 1 aliphatic rings. The summed E-state index contributed by atoms with van der Waals surface area (Å²) in [7, 11) is 6.50. The number of hydrogen-bond donors (Lipinski definition) is 1. The first-order valence-electron chi connectivity index (χ1n) is 6.68. The van der Waals surface area contributed by atoms with Crippen molar-refractivity contribution in [1.82, 2.24) is 15.1 Å². The molecule has 1 N–H and O–H groups in total. The van der Waals surface area contributed by atoms with Crippen LogP contribution in [0.3, 0.4) is 0 Å². The van der Waals surface area contributed by atoms with Crippen molar-refractivity contribution in [1.29, 1.82) is 0 Å². The lowest BCUT2D eigenvalue weighted by Gasteiger charge is -2.27. The fourth-order valence-electron chi connectivity index (χ4n) is 2.20. The Balaban J connectivity index is 2.10. The maximum Gasteiger partial charge on any atom is 0.0189 e. The standard InChI is InChI=1S/C13H29N3/c1-12(16(4)10-9-15(2)3)11-14-13-7-5-6-8-13/h12-14H,5-11H2,1-4H3. The van der Waals surface area contributed by atoms with Gasteiger partial charge in [-0.15, -0.1) is 0 Å². The van der Waals surface area contributed by atoms with Crippen LogP contribution in [0, 0.1) is 0 Å². The topological polar surface area (TPSA) is 18.5 Å². The Labute approximate surface area is 101 Å². The van der Waals surface area contributed by atoms with Gasteiger partial charge in [-0.2, -0.15) is 0 Å². The van der Waals surface area contributed by atoms with Gasteiger partial charge in [0.1, 0.15) is 0 Å². The minimum Gasteiger partial charge on any atom is -0.312 e. The lowest BCUT2D eigenvalue weighted by molar-refractivity contribution is 0.220. The Morgan fingerprint density at radius 1 is 1.12 bits per heavy atom. The molecule has 0 amide bonds. The lowest BCUT2D eigenvalue weighted by Crippen LogP contribution is -2.43. The maximum atomic E-state index is 3.69. The first kappa shape index (κ1) is 13.9. The predicted molar refractivity (Wildman–Crippen MR) is 70.9 cm³/mol. The van der Waals surface area contributed by atoms with Crippen LogP contribution in [-0.4, -0.2) is 62.7 Å². The second kappa shape index (κ2) is 7.25. The first-order valence-corrected chi connectivity index (χ1v) is 6.68. The summed E-state index contributed by atoms with van der Waals surface area (Å²) in [6, 6.07) is 1.44. The van der Waals surface area contributed by atoms with E-state index in [0.717, 1.165) is 25.7 Å². The van der Waals surface area contributed by atoms with Gasteiger partial charge in [-0.05, 0) is 40.9 Å². The van der Waals surface area contributed by atoms with Crippen LogP contribution in [0.15, 0.2) is 0 Å². The van der Waals surface area contributed by atoms with E-state index in [9.17, 15) is 0 Å². The Morgan fingerprint density at radius 3 is 2.31 bits per heavy atom. The van der Waals surface area contributed by atoms with Crippen molar-refractivity contribution in [3.8, 4) is 0 Å². The van der Waals surface area contributed by atoms with E-state index in [1.54, 1.807) is 0 Å². The van der Waals surface area contributed by atoms with Gasteiger partial charge in [-0.3, -0.25) is 0 Å². The van der Waals surface area contributed by atoms with Crippen molar-refractivity contribution in [2.45, 2.75) is 44.7 Å². The molecule has 3 nitrogen and oxygen atoms in total. The summed E-state index contributed by atoms with van der Waals surface area (Å²) in [6.07, 6.45) is 5.60. The van der Waals surface area contributed by atoms with E-state index >= 15 is 0 Å². The molecule has 1 aliphatic carbocycles.